The summed E-state index contributed by atoms with van der Waals surface area (Å²) in [7, 11) is -2.90. The molecule has 0 spiro atoms. The normalized spacial score (nSPS) is 36.0. The lowest BCUT2D eigenvalue weighted by Gasteiger charge is -2.24. The fourth-order valence-electron chi connectivity index (χ4n) is 1.85. The predicted molar refractivity (Wildman–Crippen MR) is 60.2 cm³/mol. The van der Waals surface area contributed by atoms with Gasteiger partial charge in [-0.1, -0.05) is 6.08 Å². The molecule has 5 heteroatoms. The summed E-state index contributed by atoms with van der Waals surface area (Å²) in [5, 5.41) is 4.72. The molecular formula is C9H15NO2S2. The summed E-state index contributed by atoms with van der Waals surface area (Å²) >= 11 is 1.95. The number of sulfone groups is 1. The van der Waals surface area contributed by atoms with Gasteiger partial charge in [0.15, 0.2) is 9.84 Å². The number of thioether (sulfide) groups is 1. The lowest BCUT2D eigenvalue weighted by molar-refractivity contribution is 0.484. The molecule has 0 amide bonds. The zero-order chi connectivity index (χ0) is 10.0. The van der Waals surface area contributed by atoms with Crippen molar-refractivity contribution in [3.05, 3.63) is 11.5 Å². The van der Waals surface area contributed by atoms with Gasteiger partial charge in [0.2, 0.25) is 0 Å². The number of nitrogens with one attached hydrogen (secondary N) is 1. The molecule has 1 fully saturated rings. The third-order valence-electron chi connectivity index (χ3n) is 2.54. The van der Waals surface area contributed by atoms with Crippen LogP contribution in [0.1, 0.15) is 12.8 Å². The monoisotopic (exact) mass is 233 g/mol. The first-order valence-corrected chi connectivity index (χ1v) is 7.77. The smallest absolute Gasteiger partial charge is 0.173 e. The van der Waals surface area contributed by atoms with Crippen molar-refractivity contribution in [3.63, 3.8) is 0 Å². The molecule has 2 aliphatic rings. The Labute approximate surface area is 89.3 Å². The molecule has 0 aromatic rings. The van der Waals surface area contributed by atoms with E-state index in [1.165, 1.54) is 24.0 Å². The molecule has 14 heavy (non-hydrogen) atoms. The summed E-state index contributed by atoms with van der Waals surface area (Å²) in [4.78, 5) is 0. The highest BCUT2D eigenvalue weighted by Crippen LogP contribution is 2.18. The van der Waals surface area contributed by atoms with Gasteiger partial charge in [0.25, 0.3) is 0 Å². The second-order valence-electron chi connectivity index (χ2n) is 3.85. The van der Waals surface area contributed by atoms with Crippen molar-refractivity contribution < 1.29 is 8.42 Å². The lowest BCUT2D eigenvalue weighted by Crippen LogP contribution is -2.41. The summed E-state index contributed by atoms with van der Waals surface area (Å²) < 4.78 is 22.3. The molecule has 0 saturated carbocycles. The summed E-state index contributed by atoms with van der Waals surface area (Å²) in [6, 6.07) is 0.542. The average Bonchev–Trinajstić information content (AvgIpc) is 2.47. The van der Waals surface area contributed by atoms with E-state index in [9.17, 15) is 8.42 Å². The van der Waals surface area contributed by atoms with Gasteiger partial charge < -0.3 is 5.32 Å². The Kier molecular flexibility index (Phi) is 3.19. The summed E-state index contributed by atoms with van der Waals surface area (Å²) in [6.45, 7) is 0. The maximum Gasteiger partial charge on any atom is 0.173 e. The van der Waals surface area contributed by atoms with Crippen LogP contribution in [0.15, 0.2) is 11.5 Å². The Hall–Kier alpha value is -0.0000000000000000555. The van der Waals surface area contributed by atoms with Gasteiger partial charge in [-0.15, -0.1) is 0 Å². The third kappa shape index (κ3) is 2.74. The summed E-state index contributed by atoms with van der Waals surface area (Å²) in [5.74, 6) is 2.61. The van der Waals surface area contributed by atoms with Gasteiger partial charge >= 0.3 is 0 Å². The SMILES string of the molecule is O=S1(=O)C=CC(NC2CCCSC2)C1. The fraction of sp³-hybridized carbons (Fsp3) is 0.778. The van der Waals surface area contributed by atoms with Crippen LogP contribution in [0.5, 0.6) is 0 Å². The quantitative estimate of drug-likeness (QED) is 0.766. The molecule has 0 aromatic carbocycles. The maximum atomic E-state index is 11.2. The van der Waals surface area contributed by atoms with E-state index < -0.39 is 9.84 Å². The standard InChI is InChI=1S/C9H15NO2S2/c11-14(12)5-3-9(7-14)10-8-2-1-4-13-6-8/h3,5,8-10H,1-2,4,6-7H2. The van der Waals surface area contributed by atoms with Crippen LogP contribution in [0.4, 0.5) is 0 Å². The van der Waals surface area contributed by atoms with E-state index in [1.54, 1.807) is 6.08 Å². The van der Waals surface area contributed by atoms with Crippen molar-refractivity contribution in [3.8, 4) is 0 Å². The molecule has 0 radical (unpaired) electrons. The van der Waals surface area contributed by atoms with Crippen molar-refractivity contribution in [2.24, 2.45) is 0 Å². The first-order valence-electron chi connectivity index (χ1n) is 4.90. The molecule has 0 bridgehead atoms. The van der Waals surface area contributed by atoms with Crippen molar-refractivity contribution >= 4 is 21.6 Å². The maximum absolute atomic E-state index is 11.2. The van der Waals surface area contributed by atoms with Crippen molar-refractivity contribution in [1.82, 2.24) is 5.32 Å². The van der Waals surface area contributed by atoms with Gasteiger partial charge in [0, 0.05) is 23.2 Å². The van der Waals surface area contributed by atoms with Crippen LogP contribution in [0.25, 0.3) is 0 Å². The molecule has 1 N–H and O–H groups in total. The van der Waals surface area contributed by atoms with Gasteiger partial charge in [-0.3, -0.25) is 0 Å². The van der Waals surface area contributed by atoms with Crippen LogP contribution in [-0.2, 0) is 9.84 Å². The molecule has 2 atom stereocenters. The van der Waals surface area contributed by atoms with Gasteiger partial charge in [-0.05, 0) is 18.6 Å². The summed E-state index contributed by atoms with van der Waals surface area (Å²) in [5.41, 5.74) is 0. The Balaban J connectivity index is 1.84. The van der Waals surface area contributed by atoms with Gasteiger partial charge in [0.05, 0.1) is 5.75 Å². The molecule has 1 saturated heterocycles. The van der Waals surface area contributed by atoms with Crippen LogP contribution in [0, 0.1) is 0 Å². The Morgan fingerprint density at radius 3 is 2.86 bits per heavy atom. The molecule has 80 valence electrons. The molecular weight excluding hydrogens is 218 g/mol. The second kappa shape index (κ2) is 4.24. The zero-order valence-electron chi connectivity index (χ0n) is 7.98. The van der Waals surface area contributed by atoms with Crippen LogP contribution in [0.2, 0.25) is 0 Å². The van der Waals surface area contributed by atoms with E-state index in [0.717, 1.165) is 5.75 Å². The van der Waals surface area contributed by atoms with Crippen molar-refractivity contribution in [2.75, 3.05) is 17.3 Å². The van der Waals surface area contributed by atoms with E-state index >= 15 is 0 Å². The van der Waals surface area contributed by atoms with Crippen LogP contribution in [-0.4, -0.2) is 37.8 Å². The minimum Gasteiger partial charge on any atom is -0.306 e. The Bertz CT molecular complexity index is 318. The highest BCUT2D eigenvalue weighted by atomic mass is 32.2. The van der Waals surface area contributed by atoms with E-state index in [4.69, 9.17) is 0 Å². The summed E-state index contributed by atoms with van der Waals surface area (Å²) in [6.07, 6.45) is 4.19. The van der Waals surface area contributed by atoms with E-state index in [-0.39, 0.29) is 11.8 Å². The fourth-order valence-corrected chi connectivity index (χ4v) is 4.19. The number of rotatable bonds is 2. The first-order chi connectivity index (χ1) is 6.66. The van der Waals surface area contributed by atoms with Crippen molar-refractivity contribution in [1.29, 1.82) is 0 Å². The third-order valence-corrected chi connectivity index (χ3v) is 5.15. The highest BCUT2D eigenvalue weighted by Gasteiger charge is 2.24. The van der Waals surface area contributed by atoms with E-state index in [1.807, 2.05) is 11.8 Å². The predicted octanol–water partition coefficient (Wildman–Crippen LogP) is 0.782. The largest absolute Gasteiger partial charge is 0.306 e. The molecule has 2 heterocycles. The first kappa shape index (κ1) is 10.5. The Morgan fingerprint density at radius 2 is 2.29 bits per heavy atom. The number of hydrogen-bond acceptors (Lipinski definition) is 4. The molecule has 0 aliphatic carbocycles. The minimum atomic E-state index is -2.90. The van der Waals surface area contributed by atoms with E-state index in [0.29, 0.717) is 6.04 Å². The molecule has 0 aromatic heterocycles. The van der Waals surface area contributed by atoms with Crippen LogP contribution >= 0.6 is 11.8 Å². The molecule has 2 rings (SSSR count). The molecule has 2 unspecified atom stereocenters. The number of hydrogen-bond donors (Lipinski definition) is 1. The molecule has 3 nitrogen and oxygen atoms in total. The van der Waals surface area contributed by atoms with Gasteiger partial charge in [0.1, 0.15) is 0 Å². The van der Waals surface area contributed by atoms with Crippen LogP contribution in [0.3, 0.4) is 0 Å². The highest BCUT2D eigenvalue weighted by molar-refractivity contribution is 7.99. The minimum absolute atomic E-state index is 0.0451. The van der Waals surface area contributed by atoms with Gasteiger partial charge in [-0.25, -0.2) is 8.42 Å². The second-order valence-corrected chi connectivity index (χ2v) is 6.93. The topological polar surface area (TPSA) is 46.2 Å². The van der Waals surface area contributed by atoms with Crippen LogP contribution < -0.4 is 5.32 Å². The lowest BCUT2D eigenvalue weighted by atomic mass is 10.1. The Morgan fingerprint density at radius 1 is 1.43 bits per heavy atom. The average molecular weight is 233 g/mol. The zero-order valence-corrected chi connectivity index (χ0v) is 9.61. The van der Waals surface area contributed by atoms with Crippen molar-refractivity contribution in [2.45, 2.75) is 24.9 Å². The van der Waals surface area contributed by atoms with E-state index in [2.05, 4.69) is 5.32 Å². The molecule has 2 aliphatic heterocycles. The van der Waals surface area contributed by atoms with Gasteiger partial charge in [-0.2, -0.15) is 11.8 Å².